The smallest absolute Gasteiger partial charge is 0.326 e. The second-order valence-corrected chi connectivity index (χ2v) is 8.00. The molecule has 0 fully saturated rings. The maximum atomic E-state index is 12.5. The Morgan fingerprint density at radius 3 is 2.00 bits per heavy atom. The number of rotatable bonds is 9. The van der Waals surface area contributed by atoms with E-state index in [4.69, 9.17) is 4.74 Å². The van der Waals surface area contributed by atoms with Gasteiger partial charge < -0.3 is 19.6 Å². The molecule has 146 valence electrons. The Balaban J connectivity index is 4.71. The zero-order valence-corrected chi connectivity index (χ0v) is 16.9. The van der Waals surface area contributed by atoms with Crippen LogP contribution in [0.4, 0.5) is 0 Å². The van der Waals surface area contributed by atoms with Crippen LogP contribution in [0.1, 0.15) is 60.8 Å². The number of carbonyl (C=O) groups is 3. The molecule has 0 unspecified atom stereocenters. The van der Waals surface area contributed by atoms with Crippen LogP contribution in [0.15, 0.2) is 0 Å². The number of carboxylic acids is 1. The molecule has 0 bridgehead atoms. The van der Waals surface area contributed by atoms with Crippen LogP contribution in [0.25, 0.3) is 0 Å². The predicted octanol–water partition coefficient (Wildman–Crippen LogP) is 2.14. The third-order valence-corrected chi connectivity index (χ3v) is 4.41. The number of ether oxygens (including phenoxy) is 1. The molecule has 0 aliphatic carbocycles. The van der Waals surface area contributed by atoms with Crippen LogP contribution in [0.2, 0.25) is 0 Å². The van der Waals surface area contributed by atoms with Gasteiger partial charge in [0.2, 0.25) is 11.8 Å². The number of amides is 2. The molecule has 7 heteroatoms. The van der Waals surface area contributed by atoms with E-state index in [1.807, 2.05) is 34.6 Å². The Morgan fingerprint density at radius 1 is 1.08 bits per heavy atom. The number of nitrogens with zero attached hydrogens (tertiary/aromatic N) is 2. The second-order valence-electron chi connectivity index (χ2n) is 8.00. The van der Waals surface area contributed by atoms with Crippen molar-refractivity contribution in [1.82, 2.24) is 9.80 Å². The highest BCUT2D eigenvalue weighted by Crippen LogP contribution is 2.21. The van der Waals surface area contributed by atoms with Gasteiger partial charge in [-0.2, -0.15) is 0 Å². The number of carbonyl (C=O) groups excluding carboxylic acids is 2. The molecule has 0 radical (unpaired) electrons. The minimum Gasteiger partial charge on any atom is -0.480 e. The van der Waals surface area contributed by atoms with E-state index in [0.717, 1.165) is 4.90 Å². The van der Waals surface area contributed by atoms with Crippen LogP contribution >= 0.6 is 0 Å². The van der Waals surface area contributed by atoms with E-state index < -0.39 is 17.6 Å². The number of hydrogen-bond donors (Lipinski definition) is 1. The first-order valence-corrected chi connectivity index (χ1v) is 8.56. The summed E-state index contributed by atoms with van der Waals surface area (Å²) in [5, 5.41) is 9.26. The maximum Gasteiger partial charge on any atom is 0.326 e. The van der Waals surface area contributed by atoms with Crippen molar-refractivity contribution in [2.24, 2.45) is 0 Å². The Labute approximate surface area is 151 Å². The highest BCUT2D eigenvalue weighted by Gasteiger charge is 2.30. The predicted molar refractivity (Wildman–Crippen MR) is 96.3 cm³/mol. The third-order valence-electron chi connectivity index (χ3n) is 4.41. The molecule has 1 N–H and O–H groups in total. The van der Waals surface area contributed by atoms with E-state index in [2.05, 4.69) is 0 Å². The van der Waals surface area contributed by atoms with Crippen molar-refractivity contribution < 1.29 is 24.2 Å². The van der Waals surface area contributed by atoms with Crippen molar-refractivity contribution in [2.45, 2.75) is 78.0 Å². The quantitative estimate of drug-likeness (QED) is 0.682. The summed E-state index contributed by atoms with van der Waals surface area (Å²) in [4.78, 5) is 37.9. The van der Waals surface area contributed by atoms with Crippen molar-refractivity contribution in [2.75, 3.05) is 20.7 Å². The summed E-state index contributed by atoms with van der Waals surface area (Å²) in [7, 11) is 3.15. The van der Waals surface area contributed by atoms with Gasteiger partial charge in [-0.05, 0) is 47.5 Å². The van der Waals surface area contributed by atoms with Crippen LogP contribution in [0, 0.1) is 0 Å². The summed E-state index contributed by atoms with van der Waals surface area (Å²) >= 11 is 0. The normalized spacial score (nSPS) is 13.3. The largest absolute Gasteiger partial charge is 0.480 e. The molecule has 25 heavy (non-hydrogen) atoms. The molecule has 0 aliphatic heterocycles. The molecule has 0 saturated carbocycles. The van der Waals surface area contributed by atoms with Gasteiger partial charge in [0, 0.05) is 39.6 Å². The zero-order chi connectivity index (χ0) is 20.0. The second kappa shape index (κ2) is 9.17. The molecule has 7 nitrogen and oxygen atoms in total. The van der Waals surface area contributed by atoms with Gasteiger partial charge in [0.25, 0.3) is 0 Å². The van der Waals surface area contributed by atoms with Crippen LogP contribution < -0.4 is 0 Å². The summed E-state index contributed by atoms with van der Waals surface area (Å²) < 4.78 is 5.72. The molecule has 2 amide bonds. The van der Waals surface area contributed by atoms with E-state index >= 15 is 0 Å². The standard InChI is InChI=1S/C18H34N2O5/c1-13(21)19(7)14(16(23)24)9-10-15(22)20(8)18(5,6)11-12-25-17(2,3)4/h14H,9-12H2,1-8H3,(H,23,24)/t14-/m0/s1. The van der Waals surface area contributed by atoms with Gasteiger partial charge in [-0.25, -0.2) is 4.79 Å². The average molecular weight is 358 g/mol. The molecule has 0 heterocycles. The number of aliphatic carboxylic acids is 1. The first-order chi connectivity index (χ1) is 11.2. The van der Waals surface area contributed by atoms with E-state index in [-0.39, 0.29) is 30.3 Å². The van der Waals surface area contributed by atoms with Gasteiger partial charge in [0.1, 0.15) is 6.04 Å². The van der Waals surface area contributed by atoms with Gasteiger partial charge in [-0.15, -0.1) is 0 Å². The van der Waals surface area contributed by atoms with Crippen molar-refractivity contribution in [3.63, 3.8) is 0 Å². The molecule has 1 atom stereocenters. The van der Waals surface area contributed by atoms with Crippen molar-refractivity contribution in [1.29, 1.82) is 0 Å². The molecule has 0 rings (SSSR count). The van der Waals surface area contributed by atoms with Gasteiger partial charge in [0.15, 0.2) is 0 Å². The van der Waals surface area contributed by atoms with Gasteiger partial charge in [-0.3, -0.25) is 9.59 Å². The summed E-state index contributed by atoms with van der Waals surface area (Å²) in [6.07, 6.45) is 0.819. The SMILES string of the molecule is CC(=O)N(C)[C@@H](CCC(=O)N(C)C(C)(C)CCOC(C)(C)C)C(=O)O. The zero-order valence-electron chi connectivity index (χ0n) is 16.9. The van der Waals surface area contributed by atoms with E-state index in [9.17, 15) is 19.5 Å². The Kier molecular flexibility index (Phi) is 8.58. The lowest BCUT2D eigenvalue weighted by Crippen LogP contribution is -2.47. The van der Waals surface area contributed by atoms with Crippen molar-refractivity contribution >= 4 is 17.8 Å². The number of carboxylic acid groups (broad SMARTS) is 1. The van der Waals surface area contributed by atoms with Crippen molar-refractivity contribution in [3.05, 3.63) is 0 Å². The molecular weight excluding hydrogens is 324 g/mol. The topological polar surface area (TPSA) is 87.2 Å². The molecule has 0 aromatic carbocycles. The summed E-state index contributed by atoms with van der Waals surface area (Å²) in [5.41, 5.74) is -0.641. The molecule has 0 aliphatic rings. The Morgan fingerprint density at radius 2 is 1.60 bits per heavy atom. The third kappa shape index (κ3) is 8.34. The fraction of sp³-hybridized carbons (Fsp3) is 0.833. The highest BCUT2D eigenvalue weighted by atomic mass is 16.5. The van der Waals surface area contributed by atoms with Crippen LogP contribution in [0.5, 0.6) is 0 Å². The summed E-state index contributed by atoms with van der Waals surface area (Å²) in [6.45, 7) is 11.7. The van der Waals surface area contributed by atoms with Gasteiger partial charge in [-0.1, -0.05) is 0 Å². The average Bonchev–Trinajstić information content (AvgIpc) is 2.43. The highest BCUT2D eigenvalue weighted by molar-refractivity contribution is 5.83. The lowest BCUT2D eigenvalue weighted by Gasteiger charge is -2.37. The summed E-state index contributed by atoms with van der Waals surface area (Å²) in [5.74, 6) is -1.59. The minimum atomic E-state index is -1.11. The first kappa shape index (κ1) is 23.4. The van der Waals surface area contributed by atoms with E-state index in [1.54, 1.807) is 11.9 Å². The Bertz CT molecular complexity index is 482. The van der Waals surface area contributed by atoms with Crippen molar-refractivity contribution in [3.8, 4) is 0 Å². The van der Waals surface area contributed by atoms with Crippen LogP contribution in [-0.2, 0) is 19.1 Å². The fourth-order valence-electron chi connectivity index (χ4n) is 2.24. The monoisotopic (exact) mass is 358 g/mol. The number of hydrogen-bond acceptors (Lipinski definition) is 4. The molecular formula is C18H34N2O5. The van der Waals surface area contributed by atoms with E-state index in [0.29, 0.717) is 13.0 Å². The number of likely N-dealkylation sites (N-methyl/N-ethyl adjacent to an activating group) is 1. The van der Waals surface area contributed by atoms with Gasteiger partial charge >= 0.3 is 5.97 Å². The van der Waals surface area contributed by atoms with Gasteiger partial charge in [0.05, 0.1) is 5.60 Å². The molecule has 0 spiro atoms. The van der Waals surface area contributed by atoms with Crippen LogP contribution in [0.3, 0.4) is 0 Å². The van der Waals surface area contributed by atoms with E-state index in [1.165, 1.54) is 14.0 Å². The summed E-state index contributed by atoms with van der Waals surface area (Å²) in [6, 6.07) is -0.998. The maximum absolute atomic E-state index is 12.5. The Hall–Kier alpha value is -1.63. The molecule has 0 aromatic rings. The fourth-order valence-corrected chi connectivity index (χ4v) is 2.24. The molecule has 0 aromatic heterocycles. The lowest BCUT2D eigenvalue weighted by atomic mass is 9.98. The first-order valence-electron chi connectivity index (χ1n) is 8.56. The minimum absolute atomic E-state index is 0.0641. The molecule has 0 saturated heterocycles. The lowest BCUT2D eigenvalue weighted by molar-refractivity contribution is -0.149. The van der Waals surface area contributed by atoms with Crippen LogP contribution in [-0.4, -0.2) is 70.6 Å².